The Bertz CT molecular complexity index is 364. The monoisotopic (exact) mass is 222 g/mol. The van der Waals surface area contributed by atoms with E-state index in [1.165, 1.54) is 0 Å². The second kappa shape index (κ2) is 5.51. The molecule has 0 heterocycles. The maximum atomic E-state index is 12.1. The van der Waals surface area contributed by atoms with Crippen LogP contribution in [-0.2, 0) is 0 Å². The summed E-state index contributed by atoms with van der Waals surface area (Å²) in [5.41, 5.74) is 6.75. The van der Waals surface area contributed by atoms with E-state index in [9.17, 15) is 4.79 Å². The molecule has 1 amide bonds. The Labute approximate surface area is 95.7 Å². The molecule has 0 bridgehead atoms. The molecule has 4 heteroatoms. The van der Waals surface area contributed by atoms with E-state index in [0.717, 1.165) is 0 Å². The number of carbonyl (C=O) groups is 1. The van der Waals surface area contributed by atoms with Gasteiger partial charge in [-0.15, -0.1) is 0 Å². The van der Waals surface area contributed by atoms with Crippen molar-refractivity contribution in [2.75, 3.05) is 18.9 Å². The molecule has 1 aromatic carbocycles. The number of hydrogen-bond acceptors (Lipinski definition) is 3. The highest BCUT2D eigenvalue weighted by atomic mass is 16.3. The van der Waals surface area contributed by atoms with Gasteiger partial charge in [0.05, 0.1) is 6.61 Å². The standard InChI is InChI=1S/C12H18N2O2/c1-9(2)14(6-7-15)12(16)10-4-3-5-11(13)8-10/h3-5,8-9,15H,6-7,13H2,1-2H3. The molecule has 0 aliphatic rings. The van der Waals surface area contributed by atoms with E-state index in [-0.39, 0.29) is 18.6 Å². The van der Waals surface area contributed by atoms with Gasteiger partial charge in [0.2, 0.25) is 0 Å². The van der Waals surface area contributed by atoms with Crippen molar-refractivity contribution in [2.24, 2.45) is 0 Å². The lowest BCUT2D eigenvalue weighted by Crippen LogP contribution is -2.39. The van der Waals surface area contributed by atoms with Gasteiger partial charge < -0.3 is 15.7 Å². The number of nitrogen functional groups attached to an aromatic ring is 1. The van der Waals surface area contributed by atoms with Crippen molar-refractivity contribution >= 4 is 11.6 Å². The van der Waals surface area contributed by atoms with Gasteiger partial charge in [-0.2, -0.15) is 0 Å². The molecule has 0 aliphatic heterocycles. The fourth-order valence-electron chi connectivity index (χ4n) is 1.54. The first-order valence-electron chi connectivity index (χ1n) is 5.33. The normalized spacial score (nSPS) is 10.5. The van der Waals surface area contributed by atoms with Crippen LogP contribution in [0.25, 0.3) is 0 Å². The summed E-state index contributed by atoms with van der Waals surface area (Å²) in [7, 11) is 0. The SMILES string of the molecule is CC(C)N(CCO)C(=O)c1cccc(N)c1. The summed E-state index contributed by atoms with van der Waals surface area (Å²) in [6.07, 6.45) is 0. The molecule has 0 fully saturated rings. The Balaban J connectivity index is 2.90. The Morgan fingerprint density at radius 1 is 1.50 bits per heavy atom. The lowest BCUT2D eigenvalue weighted by atomic mass is 10.1. The van der Waals surface area contributed by atoms with Gasteiger partial charge in [-0.05, 0) is 32.0 Å². The van der Waals surface area contributed by atoms with Crippen molar-refractivity contribution in [1.29, 1.82) is 0 Å². The van der Waals surface area contributed by atoms with Gasteiger partial charge in [0, 0.05) is 23.8 Å². The molecule has 0 unspecified atom stereocenters. The predicted molar refractivity (Wildman–Crippen MR) is 64.1 cm³/mol. The molecule has 4 nitrogen and oxygen atoms in total. The minimum Gasteiger partial charge on any atom is -0.399 e. The van der Waals surface area contributed by atoms with Gasteiger partial charge in [0.1, 0.15) is 0 Å². The van der Waals surface area contributed by atoms with Crippen LogP contribution in [-0.4, -0.2) is 35.1 Å². The predicted octanol–water partition coefficient (Wildman–Crippen LogP) is 1.11. The van der Waals surface area contributed by atoms with Crippen LogP contribution in [0.3, 0.4) is 0 Å². The fraction of sp³-hybridized carbons (Fsp3) is 0.417. The molecule has 1 aromatic rings. The third kappa shape index (κ3) is 2.97. The lowest BCUT2D eigenvalue weighted by molar-refractivity contribution is 0.0665. The quantitative estimate of drug-likeness (QED) is 0.750. The number of amides is 1. The second-order valence-electron chi connectivity index (χ2n) is 3.94. The summed E-state index contributed by atoms with van der Waals surface area (Å²) >= 11 is 0. The second-order valence-corrected chi connectivity index (χ2v) is 3.94. The molecule has 0 radical (unpaired) electrons. The maximum absolute atomic E-state index is 12.1. The summed E-state index contributed by atoms with van der Waals surface area (Å²) in [5, 5.41) is 8.92. The minimum absolute atomic E-state index is 0.0355. The minimum atomic E-state index is -0.101. The van der Waals surface area contributed by atoms with E-state index in [1.807, 2.05) is 13.8 Å². The van der Waals surface area contributed by atoms with E-state index in [4.69, 9.17) is 10.8 Å². The molecule has 0 saturated heterocycles. The Morgan fingerprint density at radius 3 is 2.69 bits per heavy atom. The molecule has 0 aromatic heterocycles. The van der Waals surface area contributed by atoms with Crippen LogP contribution < -0.4 is 5.73 Å². The molecular formula is C12H18N2O2. The largest absolute Gasteiger partial charge is 0.399 e. The third-order valence-corrected chi connectivity index (χ3v) is 2.36. The molecule has 0 atom stereocenters. The third-order valence-electron chi connectivity index (χ3n) is 2.36. The van der Waals surface area contributed by atoms with Gasteiger partial charge in [-0.1, -0.05) is 6.07 Å². The molecule has 1 rings (SSSR count). The summed E-state index contributed by atoms with van der Waals surface area (Å²) in [5.74, 6) is -0.101. The molecule has 0 saturated carbocycles. The number of anilines is 1. The van der Waals surface area contributed by atoms with Crippen molar-refractivity contribution in [2.45, 2.75) is 19.9 Å². The highest BCUT2D eigenvalue weighted by Crippen LogP contribution is 2.11. The molecule has 3 N–H and O–H groups in total. The number of hydrogen-bond donors (Lipinski definition) is 2. The number of carbonyl (C=O) groups excluding carboxylic acids is 1. The summed E-state index contributed by atoms with van der Waals surface area (Å²) < 4.78 is 0. The number of rotatable bonds is 4. The molecule has 0 aliphatic carbocycles. The molecule has 88 valence electrons. The van der Waals surface area contributed by atoms with E-state index in [2.05, 4.69) is 0 Å². The van der Waals surface area contributed by atoms with Crippen LogP contribution >= 0.6 is 0 Å². The first-order chi connectivity index (χ1) is 7.56. The highest BCUT2D eigenvalue weighted by Gasteiger charge is 2.17. The van der Waals surface area contributed by atoms with Gasteiger partial charge in [0.25, 0.3) is 5.91 Å². The fourth-order valence-corrected chi connectivity index (χ4v) is 1.54. The van der Waals surface area contributed by atoms with Crippen LogP contribution in [0.4, 0.5) is 5.69 Å². The zero-order chi connectivity index (χ0) is 12.1. The first-order valence-corrected chi connectivity index (χ1v) is 5.33. The smallest absolute Gasteiger partial charge is 0.254 e. The van der Waals surface area contributed by atoms with Gasteiger partial charge >= 0.3 is 0 Å². The summed E-state index contributed by atoms with van der Waals surface area (Å²) in [6.45, 7) is 4.14. The Kier molecular flexibility index (Phi) is 4.31. The zero-order valence-electron chi connectivity index (χ0n) is 9.68. The topological polar surface area (TPSA) is 66.6 Å². The number of nitrogens with two attached hydrogens (primary N) is 1. The number of nitrogens with zero attached hydrogens (tertiary/aromatic N) is 1. The van der Waals surface area contributed by atoms with Crippen LogP contribution in [0.15, 0.2) is 24.3 Å². The zero-order valence-corrected chi connectivity index (χ0v) is 9.68. The van der Waals surface area contributed by atoms with Crippen LogP contribution in [0.1, 0.15) is 24.2 Å². The highest BCUT2D eigenvalue weighted by molar-refractivity contribution is 5.95. The van der Waals surface area contributed by atoms with E-state index in [0.29, 0.717) is 17.8 Å². The van der Waals surface area contributed by atoms with Crippen molar-refractivity contribution in [1.82, 2.24) is 4.90 Å². The number of aliphatic hydroxyl groups excluding tert-OH is 1. The lowest BCUT2D eigenvalue weighted by Gasteiger charge is -2.26. The number of benzene rings is 1. The first kappa shape index (κ1) is 12.5. The van der Waals surface area contributed by atoms with Crippen LogP contribution in [0.5, 0.6) is 0 Å². The van der Waals surface area contributed by atoms with Crippen molar-refractivity contribution in [3.63, 3.8) is 0 Å². The Morgan fingerprint density at radius 2 is 2.19 bits per heavy atom. The van der Waals surface area contributed by atoms with E-state index < -0.39 is 0 Å². The van der Waals surface area contributed by atoms with Gasteiger partial charge in [0.15, 0.2) is 0 Å². The molecule has 16 heavy (non-hydrogen) atoms. The summed E-state index contributed by atoms with van der Waals surface area (Å²) in [4.78, 5) is 13.7. The molecular weight excluding hydrogens is 204 g/mol. The van der Waals surface area contributed by atoms with Crippen LogP contribution in [0, 0.1) is 0 Å². The van der Waals surface area contributed by atoms with E-state index in [1.54, 1.807) is 29.2 Å². The van der Waals surface area contributed by atoms with E-state index >= 15 is 0 Å². The maximum Gasteiger partial charge on any atom is 0.254 e. The molecule has 0 spiro atoms. The van der Waals surface area contributed by atoms with Gasteiger partial charge in [-0.3, -0.25) is 4.79 Å². The van der Waals surface area contributed by atoms with Crippen molar-refractivity contribution in [3.8, 4) is 0 Å². The van der Waals surface area contributed by atoms with Crippen molar-refractivity contribution in [3.05, 3.63) is 29.8 Å². The Hall–Kier alpha value is -1.55. The summed E-state index contributed by atoms with van der Waals surface area (Å²) in [6, 6.07) is 6.92. The average Bonchev–Trinajstić information content (AvgIpc) is 2.24. The van der Waals surface area contributed by atoms with Gasteiger partial charge in [-0.25, -0.2) is 0 Å². The van der Waals surface area contributed by atoms with Crippen molar-refractivity contribution < 1.29 is 9.90 Å². The van der Waals surface area contributed by atoms with Crippen LogP contribution in [0.2, 0.25) is 0 Å². The average molecular weight is 222 g/mol. The number of aliphatic hydroxyl groups is 1.